The summed E-state index contributed by atoms with van der Waals surface area (Å²) in [7, 11) is 0. The van der Waals surface area contributed by atoms with Crippen LogP contribution in [-0.4, -0.2) is 76.6 Å². The fourth-order valence-electron chi connectivity index (χ4n) is 3.51. The minimum Gasteiger partial charge on any atom is -0.378 e. The third-order valence-electron chi connectivity index (χ3n) is 4.92. The molecule has 0 unspecified atom stereocenters. The molecular weight excluding hydrogens is 327 g/mol. The summed E-state index contributed by atoms with van der Waals surface area (Å²) in [6.07, 6.45) is 2.49. The second-order valence-electron chi connectivity index (χ2n) is 6.66. The Morgan fingerprint density at radius 2 is 1.92 bits per heavy atom. The topological polar surface area (TPSA) is 77.0 Å². The predicted octanol–water partition coefficient (Wildman–Crippen LogP) is 0.243. The zero-order valence-corrected chi connectivity index (χ0v) is 14.3. The Bertz CT molecular complexity index is 663. The maximum atomic E-state index is 13.8. The number of aliphatic hydroxyl groups is 1. The van der Waals surface area contributed by atoms with Crippen LogP contribution < -0.4 is 4.90 Å². The molecule has 0 bridgehead atoms. The highest BCUT2D eigenvalue weighted by atomic mass is 19.1. The van der Waals surface area contributed by atoms with E-state index in [1.165, 1.54) is 30.2 Å². The van der Waals surface area contributed by atoms with Crippen LogP contribution in [0.1, 0.15) is 19.8 Å². The molecule has 1 N–H and O–H groups in total. The van der Waals surface area contributed by atoms with E-state index in [0.29, 0.717) is 45.6 Å². The minimum atomic E-state index is -1.53. The van der Waals surface area contributed by atoms with E-state index < -0.39 is 5.60 Å². The summed E-state index contributed by atoms with van der Waals surface area (Å²) in [6, 6.07) is 2.90. The summed E-state index contributed by atoms with van der Waals surface area (Å²) in [4.78, 5) is 33.3. The molecule has 3 rings (SSSR count). The Labute approximate surface area is 146 Å². The zero-order valence-electron chi connectivity index (χ0n) is 14.3. The van der Waals surface area contributed by atoms with E-state index in [1.54, 1.807) is 9.80 Å². The predicted molar refractivity (Wildman–Crippen MR) is 89.4 cm³/mol. The molecule has 0 spiro atoms. The van der Waals surface area contributed by atoms with Gasteiger partial charge in [0.15, 0.2) is 17.2 Å². The van der Waals surface area contributed by atoms with Gasteiger partial charge in [0, 0.05) is 45.8 Å². The van der Waals surface area contributed by atoms with Gasteiger partial charge in [-0.1, -0.05) is 0 Å². The quantitative estimate of drug-likeness (QED) is 0.827. The number of nitrogens with zero attached hydrogens (tertiary/aromatic N) is 4. The lowest BCUT2D eigenvalue weighted by molar-refractivity contribution is -0.160. The SMILES string of the molecule is CC(=O)N1CCC[C@](O)(C(=O)N2CCN(c3ncccc3F)CC2)C1. The third-order valence-corrected chi connectivity index (χ3v) is 4.92. The van der Waals surface area contributed by atoms with Gasteiger partial charge in [-0.25, -0.2) is 9.37 Å². The highest BCUT2D eigenvalue weighted by molar-refractivity contribution is 5.86. The first kappa shape index (κ1) is 17.6. The van der Waals surface area contributed by atoms with Crippen LogP contribution in [0.4, 0.5) is 10.2 Å². The van der Waals surface area contributed by atoms with Gasteiger partial charge in [0.2, 0.25) is 5.91 Å². The number of carbonyl (C=O) groups is 2. The second kappa shape index (κ2) is 6.95. The van der Waals surface area contributed by atoms with Crippen molar-refractivity contribution in [1.29, 1.82) is 0 Å². The number of rotatable bonds is 2. The molecule has 8 heteroatoms. The number of β-amino-alcohol motifs (C(OH)–C–C–N with tert-alkyl or cyclic N) is 1. The molecule has 7 nitrogen and oxygen atoms in total. The van der Waals surface area contributed by atoms with Crippen molar-refractivity contribution in [2.45, 2.75) is 25.4 Å². The van der Waals surface area contributed by atoms with E-state index in [2.05, 4.69) is 4.98 Å². The normalized spacial score (nSPS) is 24.4. The summed E-state index contributed by atoms with van der Waals surface area (Å²) < 4.78 is 13.8. The van der Waals surface area contributed by atoms with Gasteiger partial charge in [0.25, 0.3) is 5.91 Å². The molecule has 2 aliphatic heterocycles. The first-order chi connectivity index (χ1) is 11.9. The van der Waals surface area contributed by atoms with Crippen molar-refractivity contribution in [2.24, 2.45) is 0 Å². The van der Waals surface area contributed by atoms with Crippen molar-refractivity contribution in [3.8, 4) is 0 Å². The van der Waals surface area contributed by atoms with Crippen molar-refractivity contribution in [2.75, 3.05) is 44.2 Å². The molecule has 0 radical (unpaired) electrons. The highest BCUT2D eigenvalue weighted by Crippen LogP contribution is 2.25. The number of hydrogen-bond acceptors (Lipinski definition) is 5. The number of carbonyl (C=O) groups excluding carboxylic acids is 2. The van der Waals surface area contributed by atoms with Crippen molar-refractivity contribution >= 4 is 17.6 Å². The van der Waals surface area contributed by atoms with Crippen LogP contribution in [0.5, 0.6) is 0 Å². The number of piperidine rings is 1. The Kier molecular flexibility index (Phi) is 4.89. The number of amides is 2. The lowest BCUT2D eigenvalue weighted by atomic mass is 9.91. The Balaban J connectivity index is 1.63. The first-order valence-corrected chi connectivity index (χ1v) is 8.53. The highest BCUT2D eigenvalue weighted by Gasteiger charge is 2.44. The average Bonchev–Trinajstić information content (AvgIpc) is 2.62. The van der Waals surface area contributed by atoms with Crippen LogP contribution in [0.2, 0.25) is 0 Å². The van der Waals surface area contributed by atoms with E-state index in [1.807, 2.05) is 0 Å². The fraction of sp³-hybridized carbons (Fsp3) is 0.588. The van der Waals surface area contributed by atoms with Crippen LogP contribution in [0.25, 0.3) is 0 Å². The summed E-state index contributed by atoms with van der Waals surface area (Å²) in [5.74, 6) is -0.583. The number of hydrogen-bond donors (Lipinski definition) is 1. The van der Waals surface area contributed by atoms with Crippen LogP contribution in [0.15, 0.2) is 18.3 Å². The first-order valence-electron chi connectivity index (χ1n) is 8.53. The Morgan fingerprint density at radius 3 is 2.56 bits per heavy atom. The molecule has 0 aliphatic carbocycles. The molecule has 3 heterocycles. The van der Waals surface area contributed by atoms with E-state index in [9.17, 15) is 19.1 Å². The summed E-state index contributed by atoms with van der Waals surface area (Å²) in [6.45, 7) is 3.72. The van der Waals surface area contributed by atoms with Crippen LogP contribution >= 0.6 is 0 Å². The number of pyridine rings is 1. The lowest BCUT2D eigenvalue weighted by Crippen LogP contribution is -2.61. The molecule has 2 saturated heterocycles. The van der Waals surface area contributed by atoms with Crippen LogP contribution in [0, 0.1) is 5.82 Å². The van der Waals surface area contributed by atoms with E-state index in [-0.39, 0.29) is 30.0 Å². The number of halogens is 1. The van der Waals surface area contributed by atoms with E-state index in [0.717, 1.165) is 0 Å². The number of anilines is 1. The van der Waals surface area contributed by atoms with Gasteiger partial charge in [-0.3, -0.25) is 9.59 Å². The van der Waals surface area contributed by atoms with Gasteiger partial charge < -0.3 is 19.8 Å². The fourth-order valence-corrected chi connectivity index (χ4v) is 3.51. The zero-order chi connectivity index (χ0) is 18.0. The molecule has 136 valence electrons. The summed E-state index contributed by atoms with van der Waals surface area (Å²) >= 11 is 0. The molecule has 0 aromatic carbocycles. The third kappa shape index (κ3) is 3.58. The van der Waals surface area contributed by atoms with Crippen molar-refractivity contribution in [3.05, 3.63) is 24.1 Å². The van der Waals surface area contributed by atoms with Gasteiger partial charge in [-0.2, -0.15) is 0 Å². The van der Waals surface area contributed by atoms with Crippen molar-refractivity contribution in [3.63, 3.8) is 0 Å². The van der Waals surface area contributed by atoms with Gasteiger partial charge in [0.05, 0.1) is 6.54 Å². The molecule has 2 fully saturated rings. The maximum absolute atomic E-state index is 13.8. The molecule has 2 aliphatic rings. The van der Waals surface area contributed by atoms with Gasteiger partial charge >= 0.3 is 0 Å². The van der Waals surface area contributed by atoms with Gasteiger partial charge in [0.1, 0.15) is 0 Å². The monoisotopic (exact) mass is 350 g/mol. The number of likely N-dealkylation sites (tertiary alicyclic amines) is 1. The Hall–Kier alpha value is -2.22. The smallest absolute Gasteiger partial charge is 0.256 e. The minimum absolute atomic E-state index is 0.0379. The van der Waals surface area contributed by atoms with Gasteiger partial charge in [-0.15, -0.1) is 0 Å². The molecule has 1 atom stereocenters. The summed E-state index contributed by atoms with van der Waals surface area (Å²) in [5.41, 5.74) is -1.53. The Morgan fingerprint density at radius 1 is 1.20 bits per heavy atom. The van der Waals surface area contributed by atoms with Crippen molar-refractivity contribution < 1.29 is 19.1 Å². The standard InChI is InChI=1S/C17H23FN4O3/c1-13(23)22-7-3-5-17(25,12-22)16(24)21-10-8-20(9-11-21)15-14(18)4-2-6-19-15/h2,4,6,25H,3,5,7-12H2,1H3/t17-/m1/s1. The van der Waals surface area contributed by atoms with Crippen LogP contribution in [0.3, 0.4) is 0 Å². The van der Waals surface area contributed by atoms with Gasteiger partial charge in [-0.05, 0) is 25.0 Å². The maximum Gasteiger partial charge on any atom is 0.256 e. The summed E-state index contributed by atoms with van der Waals surface area (Å²) in [5, 5.41) is 10.8. The second-order valence-corrected chi connectivity index (χ2v) is 6.66. The molecule has 0 saturated carbocycles. The molecule has 2 amide bonds. The molecule has 1 aromatic heterocycles. The number of aromatic nitrogens is 1. The average molecular weight is 350 g/mol. The van der Waals surface area contributed by atoms with Crippen LogP contribution in [-0.2, 0) is 9.59 Å². The van der Waals surface area contributed by atoms with E-state index >= 15 is 0 Å². The number of piperazine rings is 1. The van der Waals surface area contributed by atoms with Crippen molar-refractivity contribution in [1.82, 2.24) is 14.8 Å². The van der Waals surface area contributed by atoms with E-state index in [4.69, 9.17) is 0 Å². The molecule has 1 aromatic rings. The molecular formula is C17H23FN4O3. The lowest BCUT2D eigenvalue weighted by Gasteiger charge is -2.43. The largest absolute Gasteiger partial charge is 0.378 e. The molecule has 25 heavy (non-hydrogen) atoms.